The molecule has 0 aromatic carbocycles. The van der Waals surface area contributed by atoms with E-state index in [1.807, 2.05) is 0 Å². The maximum absolute atomic E-state index is 13.8. The van der Waals surface area contributed by atoms with Crippen molar-refractivity contribution in [1.82, 2.24) is 25.3 Å². The first-order valence-corrected chi connectivity index (χ1v) is 11.4. The lowest BCUT2D eigenvalue weighted by atomic mass is 10.1. The van der Waals surface area contributed by atoms with Gasteiger partial charge in [-0.25, -0.2) is 15.0 Å². The smallest absolute Gasteiger partial charge is 0.377 e. The summed E-state index contributed by atoms with van der Waals surface area (Å²) in [6.07, 6.45) is -5.44. The van der Waals surface area contributed by atoms with E-state index >= 15 is 0 Å². The molecule has 0 spiro atoms. The number of alkyl halides is 6. The Morgan fingerprint density at radius 2 is 1.94 bits per heavy atom. The number of nitrogens with zero attached hydrogens (tertiary/aromatic N) is 4. The maximum Gasteiger partial charge on any atom is 0.419 e. The number of ether oxygens (including phenoxy) is 1. The van der Waals surface area contributed by atoms with Gasteiger partial charge in [0.25, 0.3) is 0 Å². The number of hydrogen-bond donors (Lipinski definition) is 3. The van der Waals surface area contributed by atoms with Gasteiger partial charge in [-0.2, -0.15) is 26.3 Å². The number of hydrogen-bond acceptors (Lipinski definition) is 7. The monoisotopic (exact) mass is 515 g/mol. The topological polar surface area (TPSA) is 91.0 Å². The fourth-order valence-electron chi connectivity index (χ4n) is 4.52. The molecule has 2 atom stereocenters. The highest BCUT2D eigenvalue weighted by Crippen LogP contribution is 2.39. The quantitative estimate of drug-likeness (QED) is 0.453. The molecule has 2 aliphatic heterocycles. The van der Waals surface area contributed by atoms with Gasteiger partial charge in [-0.3, -0.25) is 0 Å². The highest BCUT2D eigenvalue weighted by Gasteiger charge is 2.46. The van der Waals surface area contributed by atoms with E-state index in [4.69, 9.17) is 4.74 Å². The summed E-state index contributed by atoms with van der Waals surface area (Å²) < 4.78 is 87.0. The molecule has 0 aliphatic carbocycles. The van der Waals surface area contributed by atoms with Gasteiger partial charge in [0.2, 0.25) is 5.95 Å². The summed E-state index contributed by atoms with van der Waals surface area (Å²) in [5, 5.41) is 6.58. The Morgan fingerprint density at radius 3 is 2.67 bits per heavy atom. The number of rotatable bonds is 4. The van der Waals surface area contributed by atoms with Crippen molar-refractivity contribution in [3.05, 3.63) is 30.1 Å². The summed E-state index contributed by atoms with van der Waals surface area (Å²) in [6, 6.07) is 0.926. The van der Waals surface area contributed by atoms with E-state index in [-0.39, 0.29) is 47.9 Å². The lowest BCUT2D eigenvalue weighted by Crippen LogP contribution is -2.53. The van der Waals surface area contributed by atoms with E-state index in [2.05, 4.69) is 30.6 Å². The molecular weight excluding hydrogens is 492 g/mol. The molecule has 2 fully saturated rings. The zero-order valence-corrected chi connectivity index (χ0v) is 18.9. The number of piperidine rings is 1. The number of morpholine rings is 1. The van der Waals surface area contributed by atoms with Crippen LogP contribution in [0.5, 0.6) is 0 Å². The summed E-state index contributed by atoms with van der Waals surface area (Å²) in [5.74, 6) is 0.111. The molecule has 5 rings (SSSR count). The van der Waals surface area contributed by atoms with Crippen LogP contribution >= 0.6 is 0 Å². The largest absolute Gasteiger partial charge is 0.419 e. The van der Waals surface area contributed by atoms with Crippen molar-refractivity contribution in [1.29, 1.82) is 0 Å². The van der Waals surface area contributed by atoms with Crippen molar-refractivity contribution >= 4 is 22.8 Å². The second kappa shape index (κ2) is 9.39. The van der Waals surface area contributed by atoms with Crippen molar-refractivity contribution < 1.29 is 31.1 Å². The van der Waals surface area contributed by atoms with Crippen LogP contribution in [-0.2, 0) is 10.9 Å². The molecular formula is C22H23F6N7O. The van der Waals surface area contributed by atoms with E-state index in [1.54, 1.807) is 0 Å². The predicted molar refractivity (Wildman–Crippen MR) is 120 cm³/mol. The van der Waals surface area contributed by atoms with E-state index in [0.717, 1.165) is 30.5 Å². The zero-order chi connectivity index (χ0) is 25.5. The lowest BCUT2D eigenvalue weighted by Gasteiger charge is -2.37. The number of pyridine rings is 1. The van der Waals surface area contributed by atoms with Crippen LogP contribution in [0.2, 0.25) is 0 Å². The van der Waals surface area contributed by atoms with Gasteiger partial charge in [0, 0.05) is 42.5 Å². The Hall–Kier alpha value is -3.13. The third-order valence-electron chi connectivity index (χ3n) is 6.30. The van der Waals surface area contributed by atoms with Crippen LogP contribution in [0.15, 0.2) is 24.5 Å². The van der Waals surface area contributed by atoms with Crippen molar-refractivity contribution in [2.75, 3.05) is 43.1 Å². The number of nitrogens with one attached hydrogen (secondary N) is 3. The van der Waals surface area contributed by atoms with Gasteiger partial charge in [0.1, 0.15) is 23.1 Å². The molecule has 0 amide bonds. The van der Waals surface area contributed by atoms with E-state index in [9.17, 15) is 26.3 Å². The van der Waals surface area contributed by atoms with Gasteiger partial charge in [0.15, 0.2) is 0 Å². The first-order valence-electron chi connectivity index (χ1n) is 11.4. The van der Waals surface area contributed by atoms with Crippen molar-refractivity contribution in [2.45, 2.75) is 37.3 Å². The van der Waals surface area contributed by atoms with Gasteiger partial charge in [-0.1, -0.05) is 0 Å². The Kier molecular flexibility index (Phi) is 6.41. The van der Waals surface area contributed by atoms with E-state index < -0.39 is 30.6 Å². The normalized spacial score (nSPS) is 21.7. The molecule has 3 aromatic heterocycles. The minimum atomic E-state index is -4.72. The Labute approximate surface area is 201 Å². The highest BCUT2D eigenvalue weighted by molar-refractivity contribution is 5.94. The molecule has 194 valence electrons. The Bertz CT molecular complexity index is 1220. The molecule has 36 heavy (non-hydrogen) atoms. The number of halogens is 6. The summed E-state index contributed by atoms with van der Waals surface area (Å²) >= 11 is 0. The van der Waals surface area contributed by atoms with Crippen LogP contribution in [0.3, 0.4) is 0 Å². The molecule has 0 bridgehead atoms. The molecule has 14 heteroatoms. The number of anilines is 2. The van der Waals surface area contributed by atoms with Gasteiger partial charge < -0.3 is 25.3 Å². The van der Waals surface area contributed by atoms with Crippen molar-refractivity contribution in [3.8, 4) is 11.3 Å². The van der Waals surface area contributed by atoms with Crippen LogP contribution in [0.1, 0.15) is 18.4 Å². The van der Waals surface area contributed by atoms with E-state index in [1.165, 1.54) is 18.3 Å². The highest BCUT2D eigenvalue weighted by atomic mass is 19.4. The predicted octanol–water partition coefficient (Wildman–Crippen LogP) is 3.97. The average Bonchev–Trinajstić information content (AvgIpc) is 3.27. The fourth-order valence-corrected chi connectivity index (χ4v) is 4.52. The zero-order valence-electron chi connectivity index (χ0n) is 18.9. The summed E-state index contributed by atoms with van der Waals surface area (Å²) in [6.45, 7) is 1.06. The molecule has 3 N–H and O–H groups in total. The molecule has 3 aromatic rings. The second-order valence-electron chi connectivity index (χ2n) is 8.73. The minimum absolute atomic E-state index is 0.0224. The molecule has 2 aliphatic rings. The third kappa shape index (κ3) is 4.91. The minimum Gasteiger partial charge on any atom is -0.377 e. The van der Waals surface area contributed by atoms with Gasteiger partial charge in [-0.05, 0) is 31.5 Å². The number of H-pyrrole nitrogens is 1. The average molecular weight is 515 g/mol. The van der Waals surface area contributed by atoms with Crippen LogP contribution in [-0.4, -0.2) is 71.0 Å². The van der Waals surface area contributed by atoms with Crippen LogP contribution < -0.4 is 15.5 Å². The first kappa shape index (κ1) is 24.6. The number of aromatic nitrogens is 4. The molecule has 8 nitrogen and oxygen atoms in total. The number of aromatic amines is 1. The standard InChI is InChI=1S/C22H23F6N7O/c23-21(24,25)15-10-31-20(32-12-2-1-5-29-8-12)34-18(15)14-9-30-19-13(14)3-4-17(33-19)35-6-7-36-11-16(35)22(26,27)28/h3-4,9-10,12,16,29H,1-2,5-8,11H2,(H,30,33)(H,31,32,34)/t12-,16+/m0/s1. The van der Waals surface area contributed by atoms with E-state index in [0.29, 0.717) is 11.9 Å². The lowest BCUT2D eigenvalue weighted by molar-refractivity contribution is -0.167. The first-order chi connectivity index (χ1) is 17.1. The van der Waals surface area contributed by atoms with Crippen molar-refractivity contribution in [3.63, 3.8) is 0 Å². The second-order valence-corrected chi connectivity index (χ2v) is 8.73. The maximum atomic E-state index is 13.8. The fraction of sp³-hybridized carbons (Fsp3) is 0.500. The molecule has 0 saturated carbocycles. The molecule has 2 saturated heterocycles. The van der Waals surface area contributed by atoms with Crippen LogP contribution in [0.25, 0.3) is 22.3 Å². The van der Waals surface area contributed by atoms with Gasteiger partial charge in [-0.15, -0.1) is 0 Å². The van der Waals surface area contributed by atoms with Gasteiger partial charge in [0.05, 0.1) is 18.9 Å². The van der Waals surface area contributed by atoms with Crippen LogP contribution in [0.4, 0.5) is 38.1 Å². The summed E-state index contributed by atoms with van der Waals surface area (Å²) in [4.78, 5) is 16.2. The Balaban J connectivity index is 1.52. The molecule has 0 unspecified atom stereocenters. The number of fused-ring (bicyclic) bond motifs is 1. The SMILES string of the molecule is FC(F)(F)c1cnc(N[C@H]2CCCNC2)nc1-c1c[nH]c2nc(N3CCOC[C@@H]3C(F)(F)F)ccc12. The molecule has 0 radical (unpaired) electrons. The third-order valence-corrected chi connectivity index (χ3v) is 6.30. The molecule has 5 heterocycles. The summed E-state index contributed by atoms with van der Waals surface area (Å²) in [5.41, 5.74) is -1.10. The summed E-state index contributed by atoms with van der Waals surface area (Å²) in [7, 11) is 0. The van der Waals surface area contributed by atoms with Gasteiger partial charge >= 0.3 is 12.4 Å². The van der Waals surface area contributed by atoms with Crippen molar-refractivity contribution in [2.24, 2.45) is 0 Å². The Morgan fingerprint density at radius 1 is 1.11 bits per heavy atom. The van der Waals surface area contributed by atoms with Crippen LogP contribution in [0, 0.1) is 0 Å².